The lowest BCUT2D eigenvalue weighted by atomic mass is 10.1. The van der Waals surface area contributed by atoms with E-state index >= 15 is 0 Å². The molecule has 1 aliphatic rings. The van der Waals surface area contributed by atoms with Crippen LogP contribution in [-0.2, 0) is 17.9 Å². The summed E-state index contributed by atoms with van der Waals surface area (Å²) in [6, 6.07) is 11.3. The Bertz CT molecular complexity index is 886. The van der Waals surface area contributed by atoms with E-state index in [9.17, 15) is 4.79 Å². The van der Waals surface area contributed by atoms with Crippen molar-refractivity contribution in [2.24, 2.45) is 0 Å². The number of likely N-dealkylation sites (N-methyl/N-ethyl adjacent to an activating group) is 2. The first-order valence-electron chi connectivity index (χ1n) is 9.97. The standard InChI is InChI=1S/C23H30N2O5/c1-16(24(2)14-18-7-9-20-22(13-18)30-11-10-29-20)23(26)25(3)15-17-6-8-19(27-4)21(12-17)28-5/h6-9,12-13,16H,10-11,14-15H2,1-5H3. The summed E-state index contributed by atoms with van der Waals surface area (Å²) in [7, 11) is 6.97. The fourth-order valence-corrected chi connectivity index (χ4v) is 3.45. The van der Waals surface area contributed by atoms with Crippen LogP contribution in [0.15, 0.2) is 36.4 Å². The second kappa shape index (κ2) is 9.71. The van der Waals surface area contributed by atoms with Crippen LogP contribution in [0.2, 0.25) is 0 Å². The highest BCUT2D eigenvalue weighted by atomic mass is 16.6. The summed E-state index contributed by atoms with van der Waals surface area (Å²) >= 11 is 0. The van der Waals surface area contributed by atoms with Gasteiger partial charge in [0, 0.05) is 20.1 Å². The minimum absolute atomic E-state index is 0.0461. The second-order valence-corrected chi connectivity index (χ2v) is 7.45. The molecule has 0 fully saturated rings. The average molecular weight is 415 g/mol. The Hall–Kier alpha value is -2.93. The molecule has 1 amide bonds. The van der Waals surface area contributed by atoms with Gasteiger partial charge in [0.2, 0.25) is 5.91 Å². The summed E-state index contributed by atoms with van der Waals surface area (Å²) in [6.45, 7) is 4.17. The first-order valence-corrected chi connectivity index (χ1v) is 9.97. The van der Waals surface area contributed by atoms with Crippen molar-refractivity contribution < 1.29 is 23.7 Å². The lowest BCUT2D eigenvalue weighted by molar-refractivity contribution is -0.135. The van der Waals surface area contributed by atoms with Gasteiger partial charge in [0.15, 0.2) is 23.0 Å². The van der Waals surface area contributed by atoms with Crippen molar-refractivity contribution in [3.8, 4) is 23.0 Å². The molecule has 0 saturated carbocycles. The molecular weight excluding hydrogens is 384 g/mol. The number of hydrogen-bond acceptors (Lipinski definition) is 6. The minimum Gasteiger partial charge on any atom is -0.493 e. The van der Waals surface area contributed by atoms with Gasteiger partial charge in [0.1, 0.15) is 13.2 Å². The van der Waals surface area contributed by atoms with Gasteiger partial charge < -0.3 is 23.8 Å². The topological polar surface area (TPSA) is 60.5 Å². The molecule has 2 aromatic carbocycles. The van der Waals surface area contributed by atoms with E-state index in [1.807, 2.05) is 62.3 Å². The number of benzene rings is 2. The van der Waals surface area contributed by atoms with E-state index in [4.69, 9.17) is 18.9 Å². The molecule has 1 atom stereocenters. The number of nitrogens with zero attached hydrogens (tertiary/aromatic N) is 2. The van der Waals surface area contributed by atoms with E-state index in [0.29, 0.717) is 37.8 Å². The first kappa shape index (κ1) is 21.8. The maximum Gasteiger partial charge on any atom is 0.239 e. The normalized spacial score (nSPS) is 13.7. The third-order valence-corrected chi connectivity index (χ3v) is 5.30. The molecule has 0 spiro atoms. The Morgan fingerprint density at radius 2 is 1.57 bits per heavy atom. The molecule has 0 aromatic heterocycles. The van der Waals surface area contributed by atoms with Gasteiger partial charge in [0.25, 0.3) is 0 Å². The lowest BCUT2D eigenvalue weighted by Gasteiger charge is -2.29. The monoisotopic (exact) mass is 414 g/mol. The van der Waals surface area contributed by atoms with Crippen LogP contribution in [-0.4, -0.2) is 63.3 Å². The Morgan fingerprint density at radius 3 is 2.27 bits per heavy atom. The number of methoxy groups -OCH3 is 2. The summed E-state index contributed by atoms with van der Waals surface area (Å²) in [4.78, 5) is 16.7. The largest absolute Gasteiger partial charge is 0.493 e. The molecular formula is C23H30N2O5. The van der Waals surface area contributed by atoms with Crippen molar-refractivity contribution in [3.63, 3.8) is 0 Å². The van der Waals surface area contributed by atoms with Gasteiger partial charge in [0.05, 0.1) is 20.3 Å². The smallest absolute Gasteiger partial charge is 0.239 e. The summed E-state index contributed by atoms with van der Waals surface area (Å²) in [6.07, 6.45) is 0. The van der Waals surface area contributed by atoms with Crippen molar-refractivity contribution in [2.45, 2.75) is 26.1 Å². The zero-order valence-electron chi connectivity index (χ0n) is 18.3. The fourth-order valence-electron chi connectivity index (χ4n) is 3.45. The van der Waals surface area contributed by atoms with E-state index in [2.05, 4.69) is 0 Å². The second-order valence-electron chi connectivity index (χ2n) is 7.45. The molecule has 1 unspecified atom stereocenters. The molecule has 0 aliphatic carbocycles. The summed E-state index contributed by atoms with van der Waals surface area (Å²) < 4.78 is 21.9. The maximum atomic E-state index is 13.0. The van der Waals surface area contributed by atoms with E-state index in [1.54, 1.807) is 19.1 Å². The molecule has 1 aliphatic heterocycles. The predicted octanol–water partition coefficient (Wildman–Crippen LogP) is 2.95. The SMILES string of the molecule is COc1ccc(CN(C)C(=O)C(C)N(C)Cc2ccc3c(c2)OCCO3)cc1OC. The molecule has 0 bridgehead atoms. The van der Waals surface area contributed by atoms with Gasteiger partial charge >= 0.3 is 0 Å². The van der Waals surface area contributed by atoms with Crippen LogP contribution in [0.5, 0.6) is 23.0 Å². The highest BCUT2D eigenvalue weighted by Gasteiger charge is 2.23. The molecule has 7 heteroatoms. The average Bonchev–Trinajstić information content (AvgIpc) is 2.77. The van der Waals surface area contributed by atoms with E-state index in [0.717, 1.165) is 22.6 Å². The molecule has 3 rings (SSSR count). The number of carbonyl (C=O) groups is 1. The van der Waals surface area contributed by atoms with Gasteiger partial charge in [-0.15, -0.1) is 0 Å². The Morgan fingerprint density at radius 1 is 0.933 bits per heavy atom. The molecule has 0 radical (unpaired) electrons. The number of amides is 1. The molecule has 0 saturated heterocycles. The van der Waals surface area contributed by atoms with Crippen LogP contribution in [0, 0.1) is 0 Å². The number of rotatable bonds is 8. The van der Waals surface area contributed by atoms with Crippen LogP contribution >= 0.6 is 0 Å². The predicted molar refractivity (Wildman–Crippen MR) is 114 cm³/mol. The number of carbonyl (C=O) groups excluding carboxylic acids is 1. The van der Waals surface area contributed by atoms with Crippen molar-refractivity contribution in [1.82, 2.24) is 9.80 Å². The Labute approximate surface area is 178 Å². The van der Waals surface area contributed by atoms with Crippen LogP contribution in [0.25, 0.3) is 0 Å². The van der Waals surface area contributed by atoms with E-state index in [1.165, 1.54) is 0 Å². The minimum atomic E-state index is -0.275. The number of fused-ring (bicyclic) bond motifs is 1. The van der Waals surface area contributed by atoms with Crippen LogP contribution < -0.4 is 18.9 Å². The zero-order valence-corrected chi connectivity index (χ0v) is 18.3. The number of hydrogen-bond donors (Lipinski definition) is 0. The molecule has 0 N–H and O–H groups in total. The fraction of sp³-hybridized carbons (Fsp3) is 0.435. The van der Waals surface area contributed by atoms with Crippen molar-refractivity contribution in [2.75, 3.05) is 41.5 Å². The van der Waals surface area contributed by atoms with Gasteiger partial charge in [-0.05, 0) is 49.4 Å². The maximum absolute atomic E-state index is 13.0. The molecule has 1 heterocycles. The van der Waals surface area contributed by atoms with Gasteiger partial charge in [-0.3, -0.25) is 9.69 Å². The molecule has 7 nitrogen and oxygen atoms in total. The lowest BCUT2D eigenvalue weighted by Crippen LogP contribution is -2.43. The van der Waals surface area contributed by atoms with Gasteiger partial charge in [-0.2, -0.15) is 0 Å². The third kappa shape index (κ3) is 4.97. The summed E-state index contributed by atoms with van der Waals surface area (Å²) in [5.41, 5.74) is 2.05. The van der Waals surface area contributed by atoms with Crippen molar-refractivity contribution in [1.29, 1.82) is 0 Å². The first-order chi connectivity index (χ1) is 14.4. The summed E-state index contributed by atoms with van der Waals surface area (Å²) in [5.74, 6) is 2.90. The highest BCUT2D eigenvalue weighted by Crippen LogP contribution is 2.31. The van der Waals surface area contributed by atoms with Gasteiger partial charge in [-0.25, -0.2) is 0 Å². The quantitative estimate of drug-likeness (QED) is 0.662. The molecule has 162 valence electrons. The van der Waals surface area contributed by atoms with Crippen molar-refractivity contribution >= 4 is 5.91 Å². The van der Waals surface area contributed by atoms with E-state index in [-0.39, 0.29) is 11.9 Å². The van der Waals surface area contributed by atoms with E-state index < -0.39 is 0 Å². The summed E-state index contributed by atoms with van der Waals surface area (Å²) in [5, 5.41) is 0. The van der Waals surface area contributed by atoms with Crippen molar-refractivity contribution in [3.05, 3.63) is 47.5 Å². The van der Waals surface area contributed by atoms with Gasteiger partial charge in [-0.1, -0.05) is 12.1 Å². The zero-order chi connectivity index (χ0) is 21.7. The number of ether oxygens (including phenoxy) is 4. The van der Waals surface area contributed by atoms with Crippen LogP contribution in [0.4, 0.5) is 0 Å². The Balaban J connectivity index is 1.61. The molecule has 30 heavy (non-hydrogen) atoms. The van der Waals surface area contributed by atoms with Crippen LogP contribution in [0.3, 0.4) is 0 Å². The molecule has 2 aromatic rings. The third-order valence-electron chi connectivity index (χ3n) is 5.30. The van der Waals surface area contributed by atoms with Crippen LogP contribution in [0.1, 0.15) is 18.1 Å². The highest BCUT2D eigenvalue weighted by molar-refractivity contribution is 5.81. The Kier molecular flexibility index (Phi) is 7.05.